The standard InChI is InChI=1S/C52H33NOS/c1-2-13-35-30-39(27-26-34(35)12-1)37-15-9-14-36(31-37)38-16-10-17-41(32-38)53(47-22-11-25-51-52(47)44-20-5-8-24-50(44)55-51)46-21-6-3-18-42(46)40-28-29-49-45(33-40)43-19-4-7-23-48(43)54-49/h1-33H. The summed E-state index contributed by atoms with van der Waals surface area (Å²) in [5, 5.41) is 7.28. The summed E-state index contributed by atoms with van der Waals surface area (Å²) in [7, 11) is 0. The Morgan fingerprint density at radius 3 is 1.91 bits per heavy atom. The van der Waals surface area contributed by atoms with Crippen molar-refractivity contribution >= 4 is 81.3 Å². The van der Waals surface area contributed by atoms with E-state index in [4.69, 9.17) is 4.42 Å². The van der Waals surface area contributed by atoms with Crippen molar-refractivity contribution in [2.75, 3.05) is 4.90 Å². The summed E-state index contributed by atoms with van der Waals surface area (Å²) in [6.45, 7) is 0. The molecule has 0 aliphatic carbocycles. The van der Waals surface area contributed by atoms with Gasteiger partial charge in [-0.05, 0) is 105 Å². The number of anilines is 3. The first-order valence-electron chi connectivity index (χ1n) is 18.7. The number of rotatable bonds is 6. The van der Waals surface area contributed by atoms with E-state index >= 15 is 0 Å². The molecular weight excluding hydrogens is 687 g/mol. The number of para-hydroxylation sites is 2. The van der Waals surface area contributed by atoms with Crippen molar-refractivity contribution in [3.8, 4) is 33.4 Å². The first kappa shape index (κ1) is 31.6. The zero-order valence-corrected chi connectivity index (χ0v) is 30.6. The number of fused-ring (bicyclic) bond motifs is 7. The van der Waals surface area contributed by atoms with Gasteiger partial charge in [0.05, 0.1) is 11.4 Å². The molecule has 11 rings (SSSR count). The normalized spacial score (nSPS) is 11.6. The molecule has 0 aliphatic rings. The maximum Gasteiger partial charge on any atom is 0.135 e. The molecule has 258 valence electrons. The van der Waals surface area contributed by atoms with Crippen LogP contribution >= 0.6 is 11.3 Å². The van der Waals surface area contributed by atoms with Crippen LogP contribution in [-0.4, -0.2) is 0 Å². The third kappa shape index (κ3) is 5.40. The van der Waals surface area contributed by atoms with Crippen LogP contribution in [0, 0.1) is 0 Å². The summed E-state index contributed by atoms with van der Waals surface area (Å²) in [6.07, 6.45) is 0. The van der Waals surface area contributed by atoms with E-state index in [9.17, 15) is 0 Å². The van der Waals surface area contributed by atoms with Crippen molar-refractivity contribution in [3.05, 3.63) is 200 Å². The van der Waals surface area contributed by atoms with Crippen LogP contribution in [-0.2, 0) is 0 Å². The van der Waals surface area contributed by atoms with E-state index in [0.29, 0.717) is 0 Å². The van der Waals surface area contributed by atoms with E-state index in [1.165, 1.54) is 47.6 Å². The first-order chi connectivity index (χ1) is 27.2. The molecule has 11 aromatic rings. The van der Waals surface area contributed by atoms with Crippen LogP contribution in [0.2, 0.25) is 0 Å². The van der Waals surface area contributed by atoms with Crippen molar-refractivity contribution in [3.63, 3.8) is 0 Å². The molecule has 2 heterocycles. The van der Waals surface area contributed by atoms with E-state index < -0.39 is 0 Å². The minimum absolute atomic E-state index is 0.896. The second kappa shape index (κ2) is 12.9. The van der Waals surface area contributed by atoms with Crippen molar-refractivity contribution in [2.45, 2.75) is 0 Å². The molecule has 0 atom stereocenters. The molecule has 0 spiro atoms. The van der Waals surface area contributed by atoms with Gasteiger partial charge < -0.3 is 9.32 Å². The van der Waals surface area contributed by atoms with Crippen LogP contribution < -0.4 is 4.90 Å². The molecule has 0 radical (unpaired) electrons. The van der Waals surface area contributed by atoms with Gasteiger partial charge in [0.1, 0.15) is 11.2 Å². The Morgan fingerprint density at radius 1 is 0.364 bits per heavy atom. The molecule has 0 aliphatic heterocycles. The maximum absolute atomic E-state index is 6.24. The van der Waals surface area contributed by atoms with Gasteiger partial charge in [0.15, 0.2) is 0 Å². The predicted molar refractivity (Wildman–Crippen MR) is 235 cm³/mol. The summed E-state index contributed by atoms with van der Waals surface area (Å²) in [5.41, 5.74) is 12.2. The molecule has 3 heteroatoms. The Kier molecular flexibility index (Phi) is 7.39. The molecule has 2 nitrogen and oxygen atoms in total. The van der Waals surface area contributed by atoms with E-state index in [1.807, 2.05) is 23.5 Å². The number of hydrogen-bond donors (Lipinski definition) is 0. The van der Waals surface area contributed by atoms with Gasteiger partial charge in [-0.15, -0.1) is 11.3 Å². The number of furan rings is 1. The summed E-state index contributed by atoms with van der Waals surface area (Å²) in [6, 6.07) is 72.4. The molecule has 0 fully saturated rings. The molecule has 0 saturated heterocycles. The molecule has 0 N–H and O–H groups in total. The van der Waals surface area contributed by atoms with E-state index in [2.05, 4.69) is 193 Å². The molecule has 2 aromatic heterocycles. The lowest BCUT2D eigenvalue weighted by Crippen LogP contribution is -2.11. The van der Waals surface area contributed by atoms with Crippen molar-refractivity contribution in [2.24, 2.45) is 0 Å². The summed E-state index contributed by atoms with van der Waals surface area (Å²) in [5.74, 6) is 0. The average Bonchev–Trinajstić information content (AvgIpc) is 3.83. The highest BCUT2D eigenvalue weighted by molar-refractivity contribution is 7.26. The Hall–Kier alpha value is -6.94. The molecule has 0 saturated carbocycles. The third-order valence-corrected chi connectivity index (χ3v) is 12.0. The topological polar surface area (TPSA) is 16.4 Å². The quantitative estimate of drug-likeness (QED) is 0.170. The summed E-state index contributed by atoms with van der Waals surface area (Å²) in [4.78, 5) is 2.46. The van der Waals surface area contributed by atoms with Gasteiger partial charge in [-0.1, -0.05) is 133 Å². The molecule has 0 bridgehead atoms. The first-order valence-corrected chi connectivity index (χ1v) is 19.5. The van der Waals surface area contributed by atoms with Gasteiger partial charge in [-0.25, -0.2) is 0 Å². The lowest BCUT2D eigenvalue weighted by Gasteiger charge is -2.29. The summed E-state index contributed by atoms with van der Waals surface area (Å²) >= 11 is 1.85. The third-order valence-electron chi connectivity index (χ3n) is 10.8. The van der Waals surface area contributed by atoms with Crippen LogP contribution in [0.25, 0.3) is 86.3 Å². The minimum Gasteiger partial charge on any atom is -0.456 e. The number of benzene rings is 9. The molecule has 0 amide bonds. The monoisotopic (exact) mass is 719 g/mol. The smallest absolute Gasteiger partial charge is 0.135 e. The second-order valence-corrected chi connectivity index (χ2v) is 15.2. The number of hydrogen-bond acceptors (Lipinski definition) is 3. The fourth-order valence-electron chi connectivity index (χ4n) is 8.23. The van der Waals surface area contributed by atoms with Crippen LogP contribution in [0.5, 0.6) is 0 Å². The number of thiophene rings is 1. The average molecular weight is 720 g/mol. The number of nitrogens with zero attached hydrogens (tertiary/aromatic N) is 1. The van der Waals surface area contributed by atoms with Crippen LogP contribution in [0.4, 0.5) is 17.1 Å². The van der Waals surface area contributed by atoms with E-state index in [0.717, 1.165) is 55.7 Å². The highest BCUT2D eigenvalue weighted by atomic mass is 32.1. The van der Waals surface area contributed by atoms with Gasteiger partial charge in [0.25, 0.3) is 0 Å². The van der Waals surface area contributed by atoms with Gasteiger partial charge >= 0.3 is 0 Å². The van der Waals surface area contributed by atoms with Crippen LogP contribution in [0.1, 0.15) is 0 Å². The lowest BCUT2D eigenvalue weighted by atomic mass is 9.96. The van der Waals surface area contributed by atoms with Gasteiger partial charge in [-0.3, -0.25) is 0 Å². The molecule has 55 heavy (non-hydrogen) atoms. The SMILES string of the molecule is c1cc(-c2cccc(N(c3ccccc3-c3ccc4oc5ccccc5c4c3)c3cccc4sc5ccccc5c34)c2)cc(-c2ccc3ccccc3c2)c1. The Labute approximate surface area is 322 Å². The van der Waals surface area contributed by atoms with Gasteiger partial charge in [0, 0.05) is 42.2 Å². The predicted octanol–water partition coefficient (Wildman–Crippen LogP) is 15.6. The van der Waals surface area contributed by atoms with Crippen molar-refractivity contribution < 1.29 is 4.42 Å². The lowest BCUT2D eigenvalue weighted by molar-refractivity contribution is 0.669. The van der Waals surface area contributed by atoms with E-state index in [1.54, 1.807) is 0 Å². The highest BCUT2D eigenvalue weighted by Crippen LogP contribution is 2.48. The zero-order chi connectivity index (χ0) is 36.3. The van der Waals surface area contributed by atoms with Gasteiger partial charge in [0.2, 0.25) is 0 Å². The zero-order valence-electron chi connectivity index (χ0n) is 29.8. The Balaban J connectivity index is 1.11. The fraction of sp³-hybridized carbons (Fsp3) is 0. The molecule has 0 unspecified atom stereocenters. The van der Waals surface area contributed by atoms with Crippen molar-refractivity contribution in [1.29, 1.82) is 0 Å². The Bertz CT molecular complexity index is 3240. The van der Waals surface area contributed by atoms with Crippen LogP contribution in [0.3, 0.4) is 0 Å². The molecule has 9 aromatic carbocycles. The Morgan fingerprint density at radius 2 is 1.00 bits per heavy atom. The second-order valence-electron chi connectivity index (χ2n) is 14.1. The van der Waals surface area contributed by atoms with Crippen molar-refractivity contribution in [1.82, 2.24) is 0 Å². The largest absolute Gasteiger partial charge is 0.456 e. The summed E-state index contributed by atoms with van der Waals surface area (Å²) < 4.78 is 8.80. The highest BCUT2D eigenvalue weighted by Gasteiger charge is 2.22. The molecular formula is C52H33NOS. The fourth-order valence-corrected chi connectivity index (χ4v) is 9.36. The minimum atomic E-state index is 0.896. The van der Waals surface area contributed by atoms with Crippen LogP contribution in [0.15, 0.2) is 205 Å². The van der Waals surface area contributed by atoms with Gasteiger partial charge in [-0.2, -0.15) is 0 Å². The maximum atomic E-state index is 6.24. The van der Waals surface area contributed by atoms with E-state index in [-0.39, 0.29) is 0 Å².